The second-order valence-electron chi connectivity index (χ2n) is 3.93. The molecule has 0 bridgehead atoms. The zero-order valence-corrected chi connectivity index (χ0v) is 13.4. The maximum atomic E-state index is 13.1. The smallest absolute Gasteiger partial charge is 0.123 e. The third-order valence-electron chi connectivity index (χ3n) is 2.57. The van der Waals surface area contributed by atoms with Crippen molar-refractivity contribution < 1.29 is 4.39 Å². The number of hydrogen-bond acceptors (Lipinski definition) is 1. The second-order valence-corrected chi connectivity index (χ2v) is 6.99. The Bertz CT molecular complexity index is 548. The average molecular weight is 378 g/mol. The molecule has 90 valence electrons. The molecule has 0 aliphatic carbocycles. The molecule has 0 aliphatic rings. The van der Waals surface area contributed by atoms with Crippen LogP contribution in [0.15, 0.2) is 28.7 Å². The first-order valence-electron chi connectivity index (χ1n) is 5.15. The van der Waals surface area contributed by atoms with Gasteiger partial charge in [-0.15, -0.1) is 11.3 Å². The Morgan fingerprint density at radius 1 is 1.24 bits per heavy atom. The van der Waals surface area contributed by atoms with Gasteiger partial charge in [0, 0.05) is 14.2 Å². The Morgan fingerprint density at radius 2 is 1.94 bits per heavy atom. The zero-order chi connectivity index (χ0) is 12.6. The van der Waals surface area contributed by atoms with Crippen LogP contribution in [0.4, 0.5) is 4.39 Å². The molecule has 0 nitrogen and oxygen atoms in total. The lowest BCUT2D eigenvalue weighted by molar-refractivity contribution is 0.626. The highest BCUT2D eigenvalue weighted by Gasteiger charge is 2.18. The van der Waals surface area contributed by atoms with Crippen molar-refractivity contribution in [2.45, 2.75) is 18.7 Å². The minimum Gasteiger partial charge on any atom is -0.207 e. The largest absolute Gasteiger partial charge is 0.207 e. The summed E-state index contributed by atoms with van der Waals surface area (Å²) in [6, 6.07) is 7.02. The Hall–Kier alpha value is -0.190. The maximum Gasteiger partial charge on any atom is 0.123 e. The summed E-state index contributed by atoms with van der Waals surface area (Å²) in [4.78, 5) is 2.59. The molecule has 1 aromatic heterocycles. The van der Waals surface area contributed by atoms with Gasteiger partial charge in [-0.05, 0) is 59.1 Å². The van der Waals surface area contributed by atoms with Crippen molar-refractivity contribution in [3.05, 3.63) is 55.4 Å². The van der Waals surface area contributed by atoms with Crippen LogP contribution in [0.5, 0.6) is 0 Å². The Balaban J connectivity index is 2.43. The van der Waals surface area contributed by atoms with E-state index in [1.54, 1.807) is 17.4 Å². The highest BCUT2D eigenvalue weighted by molar-refractivity contribution is 9.11. The molecular formula is C13H11Br2FS. The van der Waals surface area contributed by atoms with Gasteiger partial charge in [0.1, 0.15) is 5.82 Å². The van der Waals surface area contributed by atoms with Crippen LogP contribution in [0, 0.1) is 19.7 Å². The molecule has 2 aromatic rings. The molecule has 17 heavy (non-hydrogen) atoms. The predicted octanol–water partition coefficient (Wildman–Crippen LogP) is 5.75. The Kier molecular flexibility index (Phi) is 4.06. The SMILES string of the molecule is Cc1cc(Br)c(C(Br)c2ccc(F)cc2C)s1. The van der Waals surface area contributed by atoms with Gasteiger partial charge >= 0.3 is 0 Å². The molecule has 0 saturated carbocycles. The molecule has 2 rings (SSSR count). The van der Waals surface area contributed by atoms with Crippen LogP contribution in [0.1, 0.15) is 25.7 Å². The third kappa shape index (κ3) is 2.80. The van der Waals surface area contributed by atoms with Gasteiger partial charge in [-0.1, -0.05) is 22.0 Å². The number of aryl methyl sites for hydroxylation is 2. The number of hydrogen-bond donors (Lipinski definition) is 0. The first-order chi connectivity index (χ1) is 7.99. The van der Waals surface area contributed by atoms with Crippen LogP contribution in [0.25, 0.3) is 0 Å². The van der Waals surface area contributed by atoms with Crippen LogP contribution < -0.4 is 0 Å². The van der Waals surface area contributed by atoms with Gasteiger partial charge in [0.15, 0.2) is 0 Å². The number of benzene rings is 1. The highest BCUT2D eigenvalue weighted by atomic mass is 79.9. The third-order valence-corrected chi connectivity index (χ3v) is 5.86. The quantitative estimate of drug-likeness (QED) is 0.584. The molecule has 0 radical (unpaired) electrons. The van der Waals surface area contributed by atoms with E-state index >= 15 is 0 Å². The van der Waals surface area contributed by atoms with Crippen molar-refractivity contribution in [2.24, 2.45) is 0 Å². The molecule has 1 heterocycles. The fourth-order valence-electron chi connectivity index (χ4n) is 1.74. The number of halogens is 3. The summed E-state index contributed by atoms with van der Waals surface area (Å²) in [5.41, 5.74) is 2.07. The van der Waals surface area contributed by atoms with Crippen molar-refractivity contribution in [1.29, 1.82) is 0 Å². The molecule has 4 heteroatoms. The Labute approximate surface area is 121 Å². The first kappa shape index (κ1) is 13.2. The predicted molar refractivity (Wildman–Crippen MR) is 78.7 cm³/mol. The van der Waals surface area contributed by atoms with Gasteiger partial charge in [0.2, 0.25) is 0 Å². The lowest BCUT2D eigenvalue weighted by atomic mass is 10.0. The topological polar surface area (TPSA) is 0 Å². The van der Waals surface area contributed by atoms with Gasteiger partial charge in [-0.2, -0.15) is 0 Å². The Morgan fingerprint density at radius 3 is 2.47 bits per heavy atom. The van der Waals surface area contributed by atoms with E-state index in [9.17, 15) is 4.39 Å². The number of thiophene rings is 1. The van der Waals surface area contributed by atoms with E-state index in [1.807, 2.05) is 13.0 Å². The molecule has 1 aromatic carbocycles. The van der Waals surface area contributed by atoms with Gasteiger partial charge in [-0.25, -0.2) is 4.39 Å². The summed E-state index contributed by atoms with van der Waals surface area (Å²) in [5.74, 6) is -0.188. The average Bonchev–Trinajstić information content (AvgIpc) is 2.57. The van der Waals surface area contributed by atoms with E-state index in [0.29, 0.717) is 0 Å². The van der Waals surface area contributed by atoms with Crippen molar-refractivity contribution >= 4 is 43.2 Å². The molecule has 1 atom stereocenters. The van der Waals surface area contributed by atoms with Crippen LogP contribution >= 0.6 is 43.2 Å². The minimum atomic E-state index is -0.188. The van der Waals surface area contributed by atoms with Crippen LogP contribution in [-0.4, -0.2) is 0 Å². The summed E-state index contributed by atoms with van der Waals surface area (Å²) in [6.45, 7) is 4.01. The van der Waals surface area contributed by atoms with Crippen molar-refractivity contribution in [3.63, 3.8) is 0 Å². The van der Waals surface area contributed by atoms with Crippen LogP contribution in [0.3, 0.4) is 0 Å². The van der Waals surface area contributed by atoms with Gasteiger partial charge < -0.3 is 0 Å². The first-order valence-corrected chi connectivity index (χ1v) is 7.67. The molecule has 0 saturated heterocycles. The lowest BCUT2D eigenvalue weighted by Crippen LogP contribution is -1.95. The van der Waals surface area contributed by atoms with E-state index < -0.39 is 0 Å². The summed E-state index contributed by atoms with van der Waals surface area (Å²) in [6.07, 6.45) is 0. The van der Waals surface area contributed by atoms with E-state index in [1.165, 1.54) is 15.8 Å². The molecule has 0 spiro atoms. The molecular weight excluding hydrogens is 367 g/mol. The maximum absolute atomic E-state index is 13.1. The van der Waals surface area contributed by atoms with Gasteiger partial charge in [-0.3, -0.25) is 0 Å². The lowest BCUT2D eigenvalue weighted by Gasteiger charge is -2.12. The summed E-state index contributed by atoms with van der Waals surface area (Å²) >= 11 is 8.99. The van der Waals surface area contributed by atoms with Crippen molar-refractivity contribution in [3.8, 4) is 0 Å². The highest BCUT2D eigenvalue weighted by Crippen LogP contribution is 2.41. The molecule has 0 N–H and O–H groups in total. The molecule has 0 aliphatic heterocycles. The van der Waals surface area contributed by atoms with Crippen LogP contribution in [0.2, 0.25) is 0 Å². The fraction of sp³-hybridized carbons (Fsp3) is 0.231. The van der Waals surface area contributed by atoms with Gasteiger partial charge in [0.05, 0.1) is 4.83 Å². The van der Waals surface area contributed by atoms with Gasteiger partial charge in [0.25, 0.3) is 0 Å². The van der Waals surface area contributed by atoms with E-state index in [4.69, 9.17) is 0 Å². The summed E-state index contributed by atoms with van der Waals surface area (Å²) in [7, 11) is 0. The zero-order valence-electron chi connectivity index (χ0n) is 9.43. The fourth-order valence-corrected chi connectivity index (χ4v) is 4.96. The summed E-state index contributed by atoms with van der Waals surface area (Å²) in [5, 5.41) is 0. The summed E-state index contributed by atoms with van der Waals surface area (Å²) < 4.78 is 14.2. The number of rotatable bonds is 2. The van der Waals surface area contributed by atoms with E-state index in [0.717, 1.165) is 15.6 Å². The normalized spacial score (nSPS) is 12.8. The second kappa shape index (κ2) is 5.21. The minimum absolute atomic E-state index is 0.108. The standard InChI is InChI=1S/C13H11Br2FS/c1-7-5-9(16)3-4-10(7)12(15)13-11(14)6-8(2)17-13/h3-6,12H,1-2H3. The number of alkyl halides is 1. The van der Waals surface area contributed by atoms with Crippen molar-refractivity contribution in [2.75, 3.05) is 0 Å². The molecule has 0 amide bonds. The molecule has 1 unspecified atom stereocenters. The van der Waals surface area contributed by atoms with E-state index in [-0.39, 0.29) is 10.6 Å². The molecule has 0 fully saturated rings. The van der Waals surface area contributed by atoms with Crippen molar-refractivity contribution in [1.82, 2.24) is 0 Å². The van der Waals surface area contributed by atoms with Crippen LogP contribution in [-0.2, 0) is 0 Å². The van der Waals surface area contributed by atoms with E-state index in [2.05, 4.69) is 44.8 Å². The monoisotopic (exact) mass is 376 g/mol.